The van der Waals surface area contributed by atoms with Crippen molar-refractivity contribution in [2.24, 2.45) is 5.92 Å². The van der Waals surface area contributed by atoms with Crippen LogP contribution < -0.4 is 0 Å². The number of aryl methyl sites for hydroxylation is 2. The summed E-state index contributed by atoms with van der Waals surface area (Å²) in [5, 5.41) is 3.99. The van der Waals surface area contributed by atoms with Gasteiger partial charge >= 0.3 is 0 Å². The summed E-state index contributed by atoms with van der Waals surface area (Å²) in [4.78, 5) is 21.5. The van der Waals surface area contributed by atoms with Crippen molar-refractivity contribution in [3.8, 4) is 0 Å². The van der Waals surface area contributed by atoms with Crippen molar-refractivity contribution < 1.29 is 9.32 Å². The lowest BCUT2D eigenvalue weighted by atomic mass is 9.92. The number of carbonyl (C=O) groups is 1. The van der Waals surface area contributed by atoms with Crippen LogP contribution in [0.2, 0.25) is 0 Å². The van der Waals surface area contributed by atoms with Crippen LogP contribution >= 0.6 is 0 Å². The Kier molecular flexibility index (Phi) is 5.71. The summed E-state index contributed by atoms with van der Waals surface area (Å²) in [5.41, 5.74) is 2.24. The molecule has 1 amide bonds. The topological polar surface area (TPSA) is 62.5 Å². The van der Waals surface area contributed by atoms with Crippen LogP contribution in [0.15, 0.2) is 28.8 Å². The van der Waals surface area contributed by atoms with Gasteiger partial charge in [0.1, 0.15) is 6.04 Å². The van der Waals surface area contributed by atoms with Gasteiger partial charge in [0.05, 0.1) is 0 Å². The number of benzene rings is 1. The van der Waals surface area contributed by atoms with E-state index in [1.54, 1.807) is 0 Å². The van der Waals surface area contributed by atoms with E-state index in [1.165, 1.54) is 0 Å². The molecule has 0 bridgehead atoms. The van der Waals surface area contributed by atoms with Crippen LogP contribution in [0.1, 0.15) is 41.7 Å². The highest BCUT2D eigenvalue weighted by Gasteiger charge is 2.31. The molecule has 1 aliphatic heterocycles. The van der Waals surface area contributed by atoms with Gasteiger partial charge in [-0.15, -0.1) is 0 Å². The maximum Gasteiger partial charge on any atom is 0.244 e. The lowest BCUT2D eigenvalue weighted by molar-refractivity contribution is -0.137. The SMILES string of the molecule is Cc1nc(CC2CCN(C(=O)[C@H](c3ccccc3C)N(C)C)CC2)no1. The van der Waals surface area contributed by atoms with Crippen molar-refractivity contribution in [3.05, 3.63) is 47.1 Å². The Balaban J connectivity index is 1.64. The number of aromatic nitrogens is 2. The van der Waals surface area contributed by atoms with Crippen LogP contribution in [0, 0.1) is 19.8 Å². The lowest BCUT2D eigenvalue weighted by Crippen LogP contribution is -2.45. The van der Waals surface area contributed by atoms with Gasteiger partial charge in [0.2, 0.25) is 11.8 Å². The van der Waals surface area contributed by atoms with Crippen molar-refractivity contribution in [3.63, 3.8) is 0 Å². The predicted octanol–water partition coefficient (Wildman–Crippen LogP) is 2.77. The van der Waals surface area contributed by atoms with E-state index in [-0.39, 0.29) is 11.9 Å². The summed E-state index contributed by atoms with van der Waals surface area (Å²) in [5.74, 6) is 2.09. The molecule has 3 rings (SSSR count). The summed E-state index contributed by atoms with van der Waals surface area (Å²) in [6, 6.07) is 7.92. The maximum absolute atomic E-state index is 13.2. The third-order valence-electron chi connectivity index (χ3n) is 5.20. The van der Waals surface area contributed by atoms with Crippen LogP contribution in [0.3, 0.4) is 0 Å². The third kappa shape index (κ3) is 4.12. The molecule has 6 heteroatoms. The fraction of sp³-hybridized carbons (Fsp3) is 0.550. The zero-order chi connectivity index (χ0) is 18.7. The Morgan fingerprint density at radius 2 is 1.96 bits per heavy atom. The fourth-order valence-corrected chi connectivity index (χ4v) is 3.74. The second-order valence-electron chi connectivity index (χ2n) is 7.43. The summed E-state index contributed by atoms with van der Waals surface area (Å²) in [7, 11) is 3.95. The number of nitrogens with zero attached hydrogens (tertiary/aromatic N) is 4. The largest absolute Gasteiger partial charge is 0.341 e. The summed E-state index contributed by atoms with van der Waals surface area (Å²) in [6.45, 7) is 5.45. The van der Waals surface area contributed by atoms with E-state index in [1.807, 2.05) is 43.0 Å². The van der Waals surface area contributed by atoms with Crippen LogP contribution in [-0.4, -0.2) is 53.0 Å². The highest BCUT2D eigenvalue weighted by atomic mass is 16.5. The zero-order valence-electron chi connectivity index (χ0n) is 16.1. The van der Waals surface area contributed by atoms with E-state index in [9.17, 15) is 4.79 Å². The van der Waals surface area contributed by atoms with E-state index in [0.29, 0.717) is 11.8 Å². The molecule has 0 N–H and O–H groups in total. The average molecular weight is 356 g/mol. The lowest BCUT2D eigenvalue weighted by Gasteiger charge is -2.36. The maximum atomic E-state index is 13.2. The van der Waals surface area contributed by atoms with Crippen LogP contribution in [-0.2, 0) is 11.2 Å². The minimum Gasteiger partial charge on any atom is -0.341 e. The first-order chi connectivity index (χ1) is 12.5. The molecule has 1 aliphatic rings. The number of rotatable bonds is 5. The van der Waals surface area contributed by atoms with E-state index in [0.717, 1.165) is 49.3 Å². The summed E-state index contributed by atoms with van der Waals surface area (Å²) >= 11 is 0. The quantitative estimate of drug-likeness (QED) is 0.824. The first-order valence-electron chi connectivity index (χ1n) is 9.25. The number of carbonyl (C=O) groups excluding carboxylic acids is 1. The van der Waals surface area contributed by atoms with E-state index in [4.69, 9.17) is 4.52 Å². The molecule has 0 spiro atoms. The first kappa shape index (κ1) is 18.6. The molecule has 1 aromatic heterocycles. The van der Waals surface area contributed by atoms with Crippen LogP contribution in [0.25, 0.3) is 0 Å². The second kappa shape index (κ2) is 7.99. The second-order valence-corrected chi connectivity index (χ2v) is 7.43. The smallest absolute Gasteiger partial charge is 0.244 e. The molecular formula is C20H28N4O2. The molecule has 26 heavy (non-hydrogen) atoms. The van der Waals surface area contributed by atoms with Gasteiger partial charge in [-0.2, -0.15) is 4.98 Å². The summed E-state index contributed by atoms with van der Waals surface area (Å²) in [6.07, 6.45) is 2.79. The van der Waals surface area contributed by atoms with Crippen molar-refractivity contribution in [2.45, 2.75) is 39.2 Å². The van der Waals surface area contributed by atoms with Gasteiger partial charge in [-0.3, -0.25) is 9.69 Å². The van der Waals surface area contributed by atoms with Gasteiger partial charge < -0.3 is 9.42 Å². The van der Waals surface area contributed by atoms with Crippen molar-refractivity contribution in [1.82, 2.24) is 19.9 Å². The number of hydrogen-bond donors (Lipinski definition) is 0. The molecule has 0 radical (unpaired) electrons. The third-order valence-corrected chi connectivity index (χ3v) is 5.20. The molecule has 1 atom stereocenters. The number of likely N-dealkylation sites (tertiary alicyclic amines) is 1. The molecule has 1 fully saturated rings. The molecule has 0 aliphatic carbocycles. The van der Waals surface area contributed by atoms with Gasteiger partial charge in [-0.05, 0) is 50.9 Å². The van der Waals surface area contributed by atoms with Gasteiger partial charge in [0, 0.05) is 26.4 Å². The number of hydrogen-bond acceptors (Lipinski definition) is 5. The van der Waals surface area contributed by atoms with E-state index < -0.39 is 0 Å². The molecule has 6 nitrogen and oxygen atoms in total. The first-order valence-corrected chi connectivity index (χ1v) is 9.25. The monoisotopic (exact) mass is 356 g/mol. The van der Waals surface area contributed by atoms with Crippen molar-refractivity contribution >= 4 is 5.91 Å². The van der Waals surface area contributed by atoms with Crippen LogP contribution in [0.4, 0.5) is 0 Å². The number of piperidine rings is 1. The number of likely N-dealkylation sites (N-methyl/N-ethyl adjacent to an activating group) is 1. The zero-order valence-corrected chi connectivity index (χ0v) is 16.1. The number of amides is 1. The van der Waals surface area contributed by atoms with E-state index in [2.05, 4.69) is 29.2 Å². The molecule has 2 heterocycles. The highest BCUT2D eigenvalue weighted by Crippen LogP contribution is 2.27. The minimum atomic E-state index is -0.229. The molecular weight excluding hydrogens is 328 g/mol. The Morgan fingerprint density at radius 1 is 1.27 bits per heavy atom. The summed E-state index contributed by atoms with van der Waals surface area (Å²) < 4.78 is 5.05. The van der Waals surface area contributed by atoms with Gasteiger partial charge in [-0.1, -0.05) is 29.4 Å². The van der Waals surface area contributed by atoms with Crippen LogP contribution in [0.5, 0.6) is 0 Å². The standard InChI is InChI=1S/C20H28N4O2/c1-14-7-5-6-8-17(14)19(23(3)4)20(25)24-11-9-16(10-12-24)13-18-21-15(2)26-22-18/h5-8,16,19H,9-13H2,1-4H3/t19-/m0/s1. The van der Waals surface area contributed by atoms with Gasteiger partial charge in [0.25, 0.3) is 0 Å². The molecule has 0 saturated carbocycles. The molecule has 0 unspecified atom stereocenters. The minimum absolute atomic E-state index is 0.193. The molecule has 1 saturated heterocycles. The Hall–Kier alpha value is -2.21. The van der Waals surface area contributed by atoms with Gasteiger partial charge in [0.15, 0.2) is 5.82 Å². The van der Waals surface area contributed by atoms with Gasteiger partial charge in [-0.25, -0.2) is 0 Å². The predicted molar refractivity (Wildman–Crippen MR) is 99.7 cm³/mol. The average Bonchev–Trinajstić information content (AvgIpc) is 3.02. The highest BCUT2D eigenvalue weighted by molar-refractivity contribution is 5.83. The fourth-order valence-electron chi connectivity index (χ4n) is 3.74. The van der Waals surface area contributed by atoms with E-state index >= 15 is 0 Å². The van der Waals surface area contributed by atoms with Crippen molar-refractivity contribution in [2.75, 3.05) is 27.2 Å². The van der Waals surface area contributed by atoms with Crippen molar-refractivity contribution in [1.29, 1.82) is 0 Å². The molecule has 140 valence electrons. The Bertz CT molecular complexity index is 748. The molecule has 2 aromatic rings. The Morgan fingerprint density at radius 3 is 2.54 bits per heavy atom. The molecule has 1 aromatic carbocycles. The Labute approximate surface area is 155 Å². The normalized spacial score (nSPS) is 16.9.